The van der Waals surface area contributed by atoms with Gasteiger partial charge in [0.25, 0.3) is 0 Å². The predicted octanol–water partition coefficient (Wildman–Crippen LogP) is 3.79. The molecule has 2 nitrogen and oxygen atoms in total. The lowest BCUT2D eigenvalue weighted by atomic mass is 10.1. The topological polar surface area (TPSA) is 6.48 Å². The first kappa shape index (κ1) is 16.6. The standard InChI is InChI=1S/C21H31N2P/c1-18(6-5-11-22-9-3-2-4-10-22)23-12-14-24(15-13-23)21-8-7-19-16-20(19)17-21/h7-8,17H,1-6,9-16H2. The third-order valence-electron chi connectivity index (χ3n) is 5.93. The summed E-state index contributed by atoms with van der Waals surface area (Å²) in [6, 6.07) is 7.25. The Morgan fingerprint density at radius 2 is 1.79 bits per heavy atom. The minimum Gasteiger partial charge on any atom is -0.375 e. The van der Waals surface area contributed by atoms with Crippen molar-refractivity contribution in [3.05, 3.63) is 41.6 Å². The zero-order valence-electron chi connectivity index (χ0n) is 15.0. The van der Waals surface area contributed by atoms with Crippen LogP contribution in [0.4, 0.5) is 0 Å². The molecule has 130 valence electrons. The molecule has 0 unspecified atom stereocenters. The smallest absolute Gasteiger partial charge is 0.0217 e. The first-order chi connectivity index (χ1) is 11.8. The summed E-state index contributed by atoms with van der Waals surface area (Å²) < 4.78 is 0. The Hall–Kier alpha value is -0.850. The van der Waals surface area contributed by atoms with E-state index in [-0.39, 0.29) is 7.92 Å². The summed E-state index contributed by atoms with van der Waals surface area (Å²) in [6.07, 6.45) is 10.7. The maximum atomic E-state index is 4.40. The summed E-state index contributed by atoms with van der Waals surface area (Å²) in [5, 5.41) is 1.65. The molecule has 1 aromatic carbocycles. The van der Waals surface area contributed by atoms with Crippen LogP contribution in [-0.2, 0) is 6.42 Å². The maximum absolute atomic E-state index is 4.40. The molecule has 2 heterocycles. The molecular formula is C21H31N2P. The Labute approximate surface area is 148 Å². The van der Waals surface area contributed by atoms with E-state index in [1.165, 1.54) is 89.3 Å². The van der Waals surface area contributed by atoms with Crippen LogP contribution in [0.2, 0.25) is 0 Å². The van der Waals surface area contributed by atoms with Gasteiger partial charge in [0.1, 0.15) is 0 Å². The summed E-state index contributed by atoms with van der Waals surface area (Å²) >= 11 is 0. The Morgan fingerprint density at radius 3 is 2.54 bits per heavy atom. The summed E-state index contributed by atoms with van der Waals surface area (Å²) in [5.41, 5.74) is 4.58. The van der Waals surface area contributed by atoms with Gasteiger partial charge in [-0.1, -0.05) is 39.1 Å². The van der Waals surface area contributed by atoms with Gasteiger partial charge in [-0.15, -0.1) is 0 Å². The molecule has 2 saturated heterocycles. The Morgan fingerprint density at radius 1 is 1.00 bits per heavy atom. The number of fused-ring (bicyclic) bond motifs is 1. The van der Waals surface area contributed by atoms with Crippen LogP contribution >= 0.6 is 7.92 Å². The summed E-state index contributed by atoms with van der Waals surface area (Å²) in [7, 11) is 0.0847. The van der Waals surface area contributed by atoms with Gasteiger partial charge in [-0.25, -0.2) is 0 Å². The third-order valence-corrected chi connectivity index (χ3v) is 8.41. The number of hydrogen-bond acceptors (Lipinski definition) is 2. The van der Waals surface area contributed by atoms with E-state index in [0.29, 0.717) is 0 Å². The molecule has 0 aromatic heterocycles. The van der Waals surface area contributed by atoms with E-state index in [9.17, 15) is 0 Å². The van der Waals surface area contributed by atoms with E-state index in [4.69, 9.17) is 0 Å². The summed E-state index contributed by atoms with van der Waals surface area (Å²) in [4.78, 5) is 5.22. The lowest BCUT2D eigenvalue weighted by molar-refractivity contribution is 0.223. The monoisotopic (exact) mass is 342 g/mol. The van der Waals surface area contributed by atoms with Crippen LogP contribution in [0.3, 0.4) is 0 Å². The minimum atomic E-state index is 0.0847. The van der Waals surface area contributed by atoms with Gasteiger partial charge in [-0.2, -0.15) is 0 Å². The molecule has 1 aliphatic carbocycles. The number of nitrogens with zero attached hydrogens (tertiary/aromatic N) is 2. The number of benzene rings is 1. The van der Waals surface area contributed by atoms with Gasteiger partial charge >= 0.3 is 0 Å². The average molecular weight is 342 g/mol. The minimum absolute atomic E-state index is 0.0847. The number of allylic oxidation sites excluding steroid dienone is 1. The van der Waals surface area contributed by atoms with E-state index < -0.39 is 0 Å². The van der Waals surface area contributed by atoms with Crippen LogP contribution in [0.5, 0.6) is 0 Å². The average Bonchev–Trinajstić information content (AvgIpc) is 3.41. The molecule has 3 heteroatoms. The second-order valence-corrected chi connectivity index (χ2v) is 10.2. The fraction of sp³-hybridized carbons (Fsp3) is 0.619. The zero-order valence-corrected chi connectivity index (χ0v) is 15.9. The van der Waals surface area contributed by atoms with Crippen molar-refractivity contribution in [1.82, 2.24) is 9.80 Å². The van der Waals surface area contributed by atoms with E-state index in [1.807, 2.05) is 0 Å². The van der Waals surface area contributed by atoms with Crippen molar-refractivity contribution in [3.8, 4) is 0 Å². The number of piperidine rings is 1. The Balaban J connectivity index is 1.18. The quantitative estimate of drug-likeness (QED) is 0.737. The molecule has 0 N–H and O–H groups in total. The van der Waals surface area contributed by atoms with Crippen LogP contribution in [-0.4, -0.2) is 54.8 Å². The molecule has 24 heavy (non-hydrogen) atoms. The van der Waals surface area contributed by atoms with Crippen LogP contribution in [0, 0.1) is 0 Å². The lowest BCUT2D eigenvalue weighted by Crippen LogP contribution is -2.35. The second-order valence-electron chi connectivity index (χ2n) is 7.68. The Kier molecular flexibility index (Phi) is 5.25. The molecule has 2 aliphatic heterocycles. The molecule has 0 bridgehead atoms. The van der Waals surface area contributed by atoms with Gasteiger partial charge in [-0.3, -0.25) is 0 Å². The van der Waals surface area contributed by atoms with Gasteiger partial charge < -0.3 is 9.80 Å². The Bertz CT molecular complexity index is 584. The molecular weight excluding hydrogens is 311 g/mol. The normalized spacial score (nSPS) is 21.6. The van der Waals surface area contributed by atoms with Gasteiger partial charge in [0.2, 0.25) is 0 Å². The fourth-order valence-corrected chi connectivity index (χ4v) is 6.54. The third kappa shape index (κ3) is 4.03. The molecule has 0 amide bonds. The molecule has 0 radical (unpaired) electrons. The van der Waals surface area contributed by atoms with Gasteiger partial charge in [0.05, 0.1) is 0 Å². The SMILES string of the molecule is C=C(CCCN1CCCCC1)N1CCP(c2ccc3c(c2)C3)CC1. The van der Waals surface area contributed by atoms with Crippen molar-refractivity contribution in [2.75, 3.05) is 45.0 Å². The molecule has 2 fully saturated rings. The van der Waals surface area contributed by atoms with Crippen molar-refractivity contribution in [3.63, 3.8) is 0 Å². The first-order valence-electron chi connectivity index (χ1n) is 9.81. The zero-order chi connectivity index (χ0) is 16.4. The van der Waals surface area contributed by atoms with Crippen LogP contribution in [0.1, 0.15) is 43.2 Å². The largest absolute Gasteiger partial charge is 0.375 e. The van der Waals surface area contributed by atoms with E-state index in [2.05, 4.69) is 34.6 Å². The highest BCUT2D eigenvalue weighted by atomic mass is 31.1. The number of hydrogen-bond donors (Lipinski definition) is 0. The molecule has 0 spiro atoms. The molecule has 4 rings (SSSR count). The van der Waals surface area contributed by atoms with E-state index in [1.54, 1.807) is 16.4 Å². The maximum Gasteiger partial charge on any atom is 0.0217 e. The van der Waals surface area contributed by atoms with Crippen molar-refractivity contribution < 1.29 is 0 Å². The van der Waals surface area contributed by atoms with Crippen LogP contribution < -0.4 is 5.30 Å². The van der Waals surface area contributed by atoms with Gasteiger partial charge in [0.15, 0.2) is 0 Å². The lowest BCUT2D eigenvalue weighted by Gasteiger charge is -2.35. The van der Waals surface area contributed by atoms with E-state index in [0.717, 1.165) is 0 Å². The molecule has 1 aromatic rings. The van der Waals surface area contributed by atoms with Crippen molar-refractivity contribution in [1.29, 1.82) is 0 Å². The fourth-order valence-electron chi connectivity index (χ4n) is 4.21. The van der Waals surface area contributed by atoms with Gasteiger partial charge in [-0.05, 0) is 80.5 Å². The number of rotatable bonds is 6. The van der Waals surface area contributed by atoms with Crippen molar-refractivity contribution >= 4 is 13.2 Å². The highest BCUT2D eigenvalue weighted by Crippen LogP contribution is 2.40. The number of likely N-dealkylation sites (tertiary alicyclic amines) is 1. The van der Waals surface area contributed by atoms with Crippen LogP contribution in [0.15, 0.2) is 30.5 Å². The van der Waals surface area contributed by atoms with Crippen molar-refractivity contribution in [2.24, 2.45) is 0 Å². The summed E-state index contributed by atoms with van der Waals surface area (Å²) in [6.45, 7) is 10.8. The highest BCUT2D eigenvalue weighted by molar-refractivity contribution is 7.65. The first-order valence-corrected chi connectivity index (χ1v) is 11.5. The molecule has 0 saturated carbocycles. The van der Waals surface area contributed by atoms with Crippen molar-refractivity contribution in [2.45, 2.75) is 38.5 Å². The van der Waals surface area contributed by atoms with Gasteiger partial charge in [0, 0.05) is 18.8 Å². The van der Waals surface area contributed by atoms with Crippen LogP contribution in [0.25, 0.3) is 0 Å². The molecule has 3 aliphatic rings. The highest BCUT2D eigenvalue weighted by Gasteiger charge is 2.24. The summed E-state index contributed by atoms with van der Waals surface area (Å²) in [5.74, 6) is 0. The second kappa shape index (κ2) is 7.58. The van der Waals surface area contributed by atoms with E-state index >= 15 is 0 Å². The predicted molar refractivity (Wildman–Crippen MR) is 106 cm³/mol. The molecule has 0 atom stereocenters.